The number of rotatable bonds is 6. The molecule has 4 heteroatoms. The minimum absolute atomic E-state index is 0.628. The Labute approximate surface area is 121 Å². The van der Waals surface area contributed by atoms with Crippen LogP contribution < -0.4 is 15.4 Å². The number of nitrogens with one attached hydrogen (secondary N) is 2. The third-order valence-electron chi connectivity index (χ3n) is 3.45. The fourth-order valence-electron chi connectivity index (χ4n) is 2.05. The molecule has 1 aliphatic rings. The van der Waals surface area contributed by atoms with E-state index < -0.39 is 0 Å². The Morgan fingerprint density at radius 2 is 2.15 bits per heavy atom. The summed E-state index contributed by atoms with van der Waals surface area (Å²) in [5.41, 5.74) is 2.31. The molecular weight excluding hydrogens is 250 g/mol. The van der Waals surface area contributed by atoms with Crippen molar-refractivity contribution in [2.45, 2.75) is 33.2 Å². The molecule has 0 saturated heterocycles. The lowest BCUT2D eigenvalue weighted by atomic mass is 10.1. The lowest BCUT2D eigenvalue weighted by Crippen LogP contribution is -2.38. The average molecular weight is 275 g/mol. The number of aliphatic imine (C=N–C) groups is 1. The Bertz CT molecular complexity index is 467. The van der Waals surface area contributed by atoms with Gasteiger partial charge in [-0.1, -0.05) is 12.1 Å². The zero-order chi connectivity index (χ0) is 14.4. The summed E-state index contributed by atoms with van der Waals surface area (Å²) in [6.45, 7) is 6.68. The molecule has 1 aromatic rings. The van der Waals surface area contributed by atoms with E-state index in [1.807, 2.05) is 0 Å². The predicted octanol–water partition coefficient (Wildman–Crippen LogP) is 2.47. The number of aryl methyl sites for hydroxylation is 1. The molecule has 0 aliphatic heterocycles. The van der Waals surface area contributed by atoms with Crippen molar-refractivity contribution < 1.29 is 4.74 Å². The lowest BCUT2D eigenvalue weighted by molar-refractivity contribution is 0.409. The molecule has 2 N–H and O–H groups in total. The second kappa shape index (κ2) is 7.17. The highest BCUT2D eigenvalue weighted by molar-refractivity contribution is 5.79. The number of methoxy groups -OCH3 is 1. The van der Waals surface area contributed by atoms with Crippen LogP contribution in [0.5, 0.6) is 5.75 Å². The van der Waals surface area contributed by atoms with E-state index in [0.717, 1.165) is 36.3 Å². The average Bonchev–Trinajstić information content (AvgIpc) is 3.27. The zero-order valence-corrected chi connectivity index (χ0v) is 12.7. The maximum absolute atomic E-state index is 5.42. The van der Waals surface area contributed by atoms with Gasteiger partial charge < -0.3 is 15.4 Å². The predicted molar refractivity (Wildman–Crippen MR) is 83.3 cm³/mol. The Morgan fingerprint density at radius 3 is 2.80 bits per heavy atom. The number of guanidine groups is 1. The van der Waals surface area contributed by atoms with Gasteiger partial charge in [-0.05, 0) is 44.2 Å². The van der Waals surface area contributed by atoms with E-state index in [4.69, 9.17) is 4.74 Å². The van der Waals surface area contributed by atoms with Gasteiger partial charge in [-0.3, -0.25) is 0 Å². The molecule has 0 amide bonds. The molecule has 0 atom stereocenters. The van der Waals surface area contributed by atoms with Crippen molar-refractivity contribution in [3.8, 4) is 5.75 Å². The van der Waals surface area contributed by atoms with Crippen LogP contribution in [0.25, 0.3) is 0 Å². The summed E-state index contributed by atoms with van der Waals surface area (Å²) < 4.78 is 5.42. The topological polar surface area (TPSA) is 45.7 Å². The van der Waals surface area contributed by atoms with Crippen molar-refractivity contribution in [3.05, 3.63) is 29.3 Å². The van der Waals surface area contributed by atoms with Gasteiger partial charge in [0.05, 0.1) is 13.7 Å². The first kappa shape index (κ1) is 14.7. The first-order chi connectivity index (χ1) is 9.72. The number of ether oxygens (including phenoxy) is 1. The van der Waals surface area contributed by atoms with Crippen molar-refractivity contribution in [1.29, 1.82) is 0 Å². The van der Waals surface area contributed by atoms with Gasteiger partial charge in [0.15, 0.2) is 5.96 Å². The van der Waals surface area contributed by atoms with E-state index in [-0.39, 0.29) is 0 Å². The fraction of sp³-hybridized carbons (Fsp3) is 0.562. The summed E-state index contributed by atoms with van der Waals surface area (Å²) in [4.78, 5) is 4.64. The summed E-state index contributed by atoms with van der Waals surface area (Å²) in [6, 6.07) is 6.23. The fourth-order valence-corrected chi connectivity index (χ4v) is 2.05. The normalized spacial score (nSPS) is 15.1. The van der Waals surface area contributed by atoms with Crippen LogP contribution in [0.15, 0.2) is 23.2 Å². The summed E-state index contributed by atoms with van der Waals surface area (Å²) in [5, 5.41) is 6.68. The first-order valence-electron chi connectivity index (χ1n) is 7.38. The molecule has 1 fully saturated rings. The van der Waals surface area contributed by atoms with Gasteiger partial charge in [0.1, 0.15) is 5.75 Å². The largest absolute Gasteiger partial charge is 0.496 e. The molecule has 0 unspecified atom stereocenters. The third-order valence-corrected chi connectivity index (χ3v) is 3.45. The van der Waals surface area contributed by atoms with Crippen molar-refractivity contribution in [2.75, 3.05) is 20.2 Å². The molecule has 0 bridgehead atoms. The van der Waals surface area contributed by atoms with Gasteiger partial charge in [-0.25, -0.2) is 4.99 Å². The van der Waals surface area contributed by atoms with Crippen LogP contribution in [0.3, 0.4) is 0 Å². The van der Waals surface area contributed by atoms with Gasteiger partial charge in [-0.15, -0.1) is 0 Å². The van der Waals surface area contributed by atoms with Crippen LogP contribution in [0.2, 0.25) is 0 Å². The maximum atomic E-state index is 5.42. The smallest absolute Gasteiger partial charge is 0.191 e. The van der Waals surface area contributed by atoms with E-state index in [0.29, 0.717) is 6.54 Å². The molecule has 0 aromatic heterocycles. The van der Waals surface area contributed by atoms with Crippen LogP contribution >= 0.6 is 0 Å². The molecule has 1 aliphatic carbocycles. The Hall–Kier alpha value is -1.71. The van der Waals surface area contributed by atoms with Gasteiger partial charge in [0.25, 0.3) is 0 Å². The lowest BCUT2D eigenvalue weighted by Gasteiger charge is -2.12. The SMILES string of the molecule is CCNC(=NCc1ccc(C)cc1OC)NCC1CC1. The van der Waals surface area contributed by atoms with Crippen LogP contribution in [-0.2, 0) is 6.54 Å². The molecular formula is C16H25N3O. The molecule has 0 radical (unpaired) electrons. The maximum Gasteiger partial charge on any atom is 0.191 e. The van der Waals surface area contributed by atoms with Crippen molar-refractivity contribution >= 4 is 5.96 Å². The summed E-state index contributed by atoms with van der Waals surface area (Å²) in [7, 11) is 1.71. The molecule has 1 aromatic carbocycles. The van der Waals surface area contributed by atoms with Crippen molar-refractivity contribution in [2.24, 2.45) is 10.9 Å². The van der Waals surface area contributed by atoms with Gasteiger partial charge in [-0.2, -0.15) is 0 Å². The number of benzene rings is 1. The van der Waals surface area contributed by atoms with Gasteiger partial charge >= 0.3 is 0 Å². The van der Waals surface area contributed by atoms with Crippen LogP contribution in [0.4, 0.5) is 0 Å². The zero-order valence-electron chi connectivity index (χ0n) is 12.7. The Morgan fingerprint density at radius 1 is 1.35 bits per heavy atom. The van der Waals surface area contributed by atoms with Crippen LogP contribution in [0.1, 0.15) is 30.9 Å². The third kappa shape index (κ3) is 4.44. The molecule has 4 nitrogen and oxygen atoms in total. The molecule has 1 saturated carbocycles. The Kier molecular flexibility index (Phi) is 5.27. The first-order valence-corrected chi connectivity index (χ1v) is 7.38. The van der Waals surface area contributed by atoms with Gasteiger partial charge in [0.2, 0.25) is 0 Å². The van der Waals surface area contributed by atoms with E-state index in [9.17, 15) is 0 Å². The summed E-state index contributed by atoms with van der Waals surface area (Å²) in [5.74, 6) is 2.64. The highest BCUT2D eigenvalue weighted by Crippen LogP contribution is 2.27. The molecule has 2 rings (SSSR count). The molecule has 0 heterocycles. The number of nitrogens with zero attached hydrogens (tertiary/aromatic N) is 1. The van der Waals surface area contributed by atoms with E-state index >= 15 is 0 Å². The van der Waals surface area contributed by atoms with Crippen molar-refractivity contribution in [3.63, 3.8) is 0 Å². The minimum atomic E-state index is 0.628. The molecule has 20 heavy (non-hydrogen) atoms. The van der Waals surface area contributed by atoms with Crippen molar-refractivity contribution in [1.82, 2.24) is 10.6 Å². The van der Waals surface area contributed by atoms with Gasteiger partial charge in [0, 0.05) is 18.7 Å². The van der Waals surface area contributed by atoms with E-state index in [2.05, 4.69) is 47.7 Å². The van der Waals surface area contributed by atoms with E-state index in [1.165, 1.54) is 18.4 Å². The molecule has 0 spiro atoms. The highest BCUT2D eigenvalue weighted by Gasteiger charge is 2.21. The van der Waals surface area contributed by atoms with Crippen LogP contribution in [0, 0.1) is 12.8 Å². The second-order valence-corrected chi connectivity index (χ2v) is 5.33. The minimum Gasteiger partial charge on any atom is -0.496 e. The van der Waals surface area contributed by atoms with E-state index in [1.54, 1.807) is 7.11 Å². The monoisotopic (exact) mass is 275 g/mol. The standard InChI is InChI=1S/C16H25N3O/c1-4-17-16(18-10-13-6-7-13)19-11-14-8-5-12(2)9-15(14)20-3/h5,8-9,13H,4,6-7,10-11H2,1-3H3,(H2,17,18,19). The quantitative estimate of drug-likeness (QED) is 0.619. The second-order valence-electron chi connectivity index (χ2n) is 5.33. The Balaban J connectivity index is 1.99. The molecule has 110 valence electrons. The van der Waals surface area contributed by atoms with Crippen LogP contribution in [-0.4, -0.2) is 26.2 Å². The number of hydrogen-bond acceptors (Lipinski definition) is 2. The summed E-state index contributed by atoms with van der Waals surface area (Å²) >= 11 is 0. The summed E-state index contributed by atoms with van der Waals surface area (Å²) in [6.07, 6.45) is 2.69. The highest BCUT2D eigenvalue weighted by atomic mass is 16.5. The number of hydrogen-bond donors (Lipinski definition) is 2.